The van der Waals surface area contributed by atoms with Crippen LogP contribution in [-0.2, 0) is 0 Å². The minimum Gasteiger partial charge on any atom is -0.308 e. The van der Waals surface area contributed by atoms with Crippen molar-refractivity contribution in [1.82, 2.24) is 14.5 Å². The number of aryl methyl sites for hydroxylation is 1. The Kier molecular flexibility index (Phi) is 5.03. The summed E-state index contributed by atoms with van der Waals surface area (Å²) in [6.45, 7) is 2.09. The number of para-hydroxylation sites is 1. The van der Waals surface area contributed by atoms with Crippen LogP contribution in [-0.4, -0.2) is 14.5 Å². The quantitative estimate of drug-likeness (QED) is 0.285. The van der Waals surface area contributed by atoms with Gasteiger partial charge in [0.2, 0.25) is 0 Å². The fraction of sp³-hybridized carbons (Fsp3) is 0.0323. The summed E-state index contributed by atoms with van der Waals surface area (Å²) < 4.78 is 2.14. The first-order valence-corrected chi connectivity index (χ1v) is 11.5. The van der Waals surface area contributed by atoms with Gasteiger partial charge in [-0.25, -0.2) is 9.97 Å². The van der Waals surface area contributed by atoms with E-state index in [0.29, 0.717) is 17.0 Å². The molecule has 168 valence electrons. The molecule has 0 fully saturated rings. The number of hydrogen-bond acceptors (Lipinski definition) is 4. The highest BCUT2D eigenvalue weighted by molar-refractivity contribution is 6.10. The van der Waals surface area contributed by atoms with E-state index < -0.39 is 0 Å². The van der Waals surface area contributed by atoms with E-state index in [1.807, 2.05) is 30.3 Å². The average molecular weight is 462 g/mol. The third kappa shape index (κ3) is 3.48. The van der Waals surface area contributed by atoms with Gasteiger partial charge in [-0.1, -0.05) is 54.1 Å². The minimum absolute atomic E-state index is 0.395. The molecule has 2 heterocycles. The van der Waals surface area contributed by atoms with Crippen LogP contribution >= 0.6 is 0 Å². The zero-order valence-electron chi connectivity index (χ0n) is 19.5. The van der Waals surface area contributed by atoms with E-state index in [0.717, 1.165) is 38.6 Å². The second-order valence-corrected chi connectivity index (χ2v) is 8.70. The Bertz CT molecular complexity index is 1850. The summed E-state index contributed by atoms with van der Waals surface area (Å²) in [5, 5.41) is 21.4. The molecule has 6 aromatic rings. The van der Waals surface area contributed by atoms with Gasteiger partial charge >= 0.3 is 0 Å². The molecule has 0 amide bonds. The Labute approximate surface area is 208 Å². The lowest BCUT2D eigenvalue weighted by Gasteiger charge is -2.11. The smallest absolute Gasteiger partial charge is 0.159 e. The number of benzene rings is 4. The first-order valence-electron chi connectivity index (χ1n) is 11.5. The van der Waals surface area contributed by atoms with E-state index in [4.69, 9.17) is 5.26 Å². The van der Waals surface area contributed by atoms with E-state index in [9.17, 15) is 5.26 Å². The molecule has 4 aromatic carbocycles. The Morgan fingerprint density at radius 2 is 1.36 bits per heavy atom. The predicted molar refractivity (Wildman–Crippen MR) is 141 cm³/mol. The second-order valence-electron chi connectivity index (χ2n) is 8.70. The van der Waals surface area contributed by atoms with Crippen LogP contribution in [0.4, 0.5) is 0 Å². The van der Waals surface area contributed by atoms with E-state index >= 15 is 0 Å². The van der Waals surface area contributed by atoms with Crippen molar-refractivity contribution in [2.45, 2.75) is 6.92 Å². The normalized spacial score (nSPS) is 10.9. The molecule has 0 atom stereocenters. The predicted octanol–water partition coefficient (Wildman–Crippen LogP) is 6.96. The molecular weight excluding hydrogens is 442 g/mol. The van der Waals surface area contributed by atoms with Crippen LogP contribution in [0.15, 0.2) is 97.3 Å². The highest BCUT2D eigenvalue weighted by atomic mass is 15.0. The molecule has 0 saturated carbocycles. The van der Waals surface area contributed by atoms with Gasteiger partial charge in [0, 0.05) is 28.7 Å². The average Bonchev–Trinajstić information content (AvgIpc) is 3.26. The Hall–Kier alpha value is -5.26. The molecule has 0 radical (unpaired) electrons. The first kappa shape index (κ1) is 21.3. The monoisotopic (exact) mass is 461 g/mol. The Morgan fingerprint density at radius 1 is 0.667 bits per heavy atom. The van der Waals surface area contributed by atoms with Gasteiger partial charge in [0.05, 0.1) is 27.8 Å². The van der Waals surface area contributed by atoms with Crippen molar-refractivity contribution in [1.29, 1.82) is 10.5 Å². The maximum Gasteiger partial charge on any atom is 0.159 e. The van der Waals surface area contributed by atoms with Gasteiger partial charge in [-0.15, -0.1) is 0 Å². The van der Waals surface area contributed by atoms with Crippen molar-refractivity contribution >= 4 is 21.8 Å². The van der Waals surface area contributed by atoms with Crippen molar-refractivity contribution in [2.75, 3.05) is 0 Å². The lowest BCUT2D eigenvalue weighted by Crippen LogP contribution is -1.99. The number of rotatable bonds is 3. The molecule has 6 rings (SSSR count). The molecule has 0 N–H and O–H groups in total. The Morgan fingerprint density at radius 3 is 2.11 bits per heavy atom. The summed E-state index contributed by atoms with van der Waals surface area (Å²) in [6, 6.07) is 33.3. The van der Waals surface area contributed by atoms with Crippen LogP contribution in [0.2, 0.25) is 0 Å². The third-order valence-corrected chi connectivity index (χ3v) is 6.45. The number of hydrogen-bond donors (Lipinski definition) is 0. The number of fused-ring (bicyclic) bond motifs is 3. The molecular formula is C31H19N5. The van der Waals surface area contributed by atoms with E-state index in [-0.39, 0.29) is 0 Å². The molecule has 0 aliphatic heterocycles. The summed E-state index contributed by atoms with van der Waals surface area (Å²) in [6.07, 6.45) is 2.97. The summed E-state index contributed by atoms with van der Waals surface area (Å²) >= 11 is 0. The summed E-state index contributed by atoms with van der Waals surface area (Å²) in [5.41, 5.74) is 8.06. The lowest BCUT2D eigenvalue weighted by molar-refractivity contribution is 1.14. The maximum atomic E-state index is 10.1. The standard InChI is InChI=1S/C31H19N5/c1-20-6-8-22(9-7-20)23-10-13-30-27(15-23)26-4-2-3-5-29(26)36(30)28-12-11-24(14-25(28)17-33)31-34-18-21(16-32)19-35-31/h2-15,18-19H,1H3. The van der Waals surface area contributed by atoms with E-state index in [1.165, 1.54) is 23.5 Å². The van der Waals surface area contributed by atoms with Crippen molar-refractivity contribution in [2.24, 2.45) is 0 Å². The highest BCUT2D eigenvalue weighted by Crippen LogP contribution is 2.36. The first-order chi connectivity index (χ1) is 17.7. The van der Waals surface area contributed by atoms with E-state index in [2.05, 4.69) is 82.1 Å². The van der Waals surface area contributed by atoms with Gasteiger partial charge in [0.1, 0.15) is 12.1 Å². The summed E-state index contributed by atoms with van der Waals surface area (Å²) in [5.74, 6) is 0.474. The minimum atomic E-state index is 0.395. The van der Waals surface area contributed by atoms with Crippen LogP contribution < -0.4 is 0 Å². The molecule has 0 bridgehead atoms. The molecule has 0 aliphatic rings. The topological polar surface area (TPSA) is 78.3 Å². The second kappa shape index (κ2) is 8.51. The summed E-state index contributed by atoms with van der Waals surface area (Å²) in [4.78, 5) is 8.56. The number of nitriles is 2. The zero-order valence-corrected chi connectivity index (χ0v) is 19.5. The van der Waals surface area contributed by atoms with Crippen LogP contribution in [0.5, 0.6) is 0 Å². The van der Waals surface area contributed by atoms with Crippen molar-refractivity contribution < 1.29 is 0 Å². The summed E-state index contributed by atoms with van der Waals surface area (Å²) in [7, 11) is 0. The zero-order chi connectivity index (χ0) is 24.6. The number of aromatic nitrogens is 3. The van der Waals surface area contributed by atoms with Crippen LogP contribution in [0.1, 0.15) is 16.7 Å². The Balaban J connectivity index is 1.55. The van der Waals surface area contributed by atoms with Gasteiger partial charge in [-0.2, -0.15) is 10.5 Å². The van der Waals surface area contributed by atoms with Crippen molar-refractivity contribution in [3.05, 3.63) is 114 Å². The van der Waals surface area contributed by atoms with Crippen molar-refractivity contribution in [3.63, 3.8) is 0 Å². The molecule has 0 aliphatic carbocycles. The van der Waals surface area contributed by atoms with Crippen LogP contribution in [0, 0.1) is 29.6 Å². The van der Waals surface area contributed by atoms with E-state index in [1.54, 1.807) is 6.07 Å². The molecule has 0 spiro atoms. The molecule has 0 saturated heterocycles. The molecule has 5 heteroatoms. The molecule has 0 unspecified atom stereocenters. The highest BCUT2D eigenvalue weighted by Gasteiger charge is 2.16. The largest absolute Gasteiger partial charge is 0.308 e. The maximum absolute atomic E-state index is 10.1. The molecule has 2 aromatic heterocycles. The fourth-order valence-electron chi connectivity index (χ4n) is 4.65. The molecule has 36 heavy (non-hydrogen) atoms. The SMILES string of the molecule is Cc1ccc(-c2ccc3c(c2)c2ccccc2n3-c2ccc(-c3ncc(C#N)cn3)cc2C#N)cc1. The van der Waals surface area contributed by atoms with Crippen LogP contribution in [0.25, 0.3) is 50.0 Å². The van der Waals surface area contributed by atoms with Gasteiger partial charge in [0.15, 0.2) is 5.82 Å². The van der Waals surface area contributed by atoms with Gasteiger partial charge in [-0.05, 0) is 54.4 Å². The fourth-order valence-corrected chi connectivity index (χ4v) is 4.65. The van der Waals surface area contributed by atoms with Gasteiger partial charge in [-0.3, -0.25) is 0 Å². The number of nitrogens with zero attached hydrogens (tertiary/aromatic N) is 5. The third-order valence-electron chi connectivity index (χ3n) is 6.45. The molecule has 5 nitrogen and oxygen atoms in total. The van der Waals surface area contributed by atoms with Gasteiger partial charge < -0.3 is 4.57 Å². The van der Waals surface area contributed by atoms with Gasteiger partial charge in [0.25, 0.3) is 0 Å². The van der Waals surface area contributed by atoms with Crippen LogP contribution in [0.3, 0.4) is 0 Å². The lowest BCUT2D eigenvalue weighted by atomic mass is 10.0. The van der Waals surface area contributed by atoms with Crippen molar-refractivity contribution in [3.8, 4) is 40.3 Å².